The summed E-state index contributed by atoms with van der Waals surface area (Å²) in [6.07, 6.45) is 0. The van der Waals surface area contributed by atoms with Crippen LogP contribution in [0.2, 0.25) is 0 Å². The van der Waals surface area contributed by atoms with Crippen LogP contribution in [0.3, 0.4) is 0 Å². The van der Waals surface area contributed by atoms with Gasteiger partial charge in [0.05, 0.1) is 11.4 Å². The summed E-state index contributed by atoms with van der Waals surface area (Å²) in [4.78, 5) is 49.1. The van der Waals surface area contributed by atoms with Crippen molar-refractivity contribution in [1.82, 2.24) is 15.5 Å². The van der Waals surface area contributed by atoms with Crippen molar-refractivity contribution in [2.45, 2.75) is 19.9 Å². The molecule has 0 radical (unpaired) electrons. The van der Waals surface area contributed by atoms with Crippen LogP contribution in [0, 0.1) is 5.92 Å². The lowest BCUT2D eigenvalue weighted by atomic mass is 10.0. The van der Waals surface area contributed by atoms with Crippen molar-refractivity contribution in [2.75, 3.05) is 27.2 Å². The van der Waals surface area contributed by atoms with E-state index in [0.717, 1.165) is 4.90 Å². The van der Waals surface area contributed by atoms with Gasteiger partial charge in [-0.15, -0.1) is 11.3 Å². The summed E-state index contributed by atoms with van der Waals surface area (Å²) in [5.41, 5.74) is 0. The summed E-state index contributed by atoms with van der Waals surface area (Å²) in [6.45, 7) is 2.90. The second-order valence-corrected chi connectivity index (χ2v) is 6.65. The number of nitrogens with zero attached hydrogens (tertiary/aromatic N) is 1. The maximum atomic E-state index is 12.2. The monoisotopic (exact) mass is 369 g/mol. The Morgan fingerprint density at radius 3 is 2.48 bits per heavy atom. The third kappa shape index (κ3) is 6.54. The number of amides is 3. The Kier molecular flexibility index (Phi) is 8.06. The molecular weight excluding hydrogens is 346 g/mol. The number of ether oxygens (including phenoxy) is 1. The lowest BCUT2D eigenvalue weighted by Gasteiger charge is -2.21. The van der Waals surface area contributed by atoms with Gasteiger partial charge in [0.1, 0.15) is 6.04 Å². The van der Waals surface area contributed by atoms with Crippen LogP contribution in [0.15, 0.2) is 17.5 Å². The van der Waals surface area contributed by atoms with Gasteiger partial charge in [-0.1, -0.05) is 19.9 Å². The van der Waals surface area contributed by atoms with Gasteiger partial charge in [0, 0.05) is 14.1 Å². The second-order valence-electron chi connectivity index (χ2n) is 5.70. The van der Waals surface area contributed by atoms with E-state index in [-0.39, 0.29) is 24.3 Å². The first-order chi connectivity index (χ1) is 11.8. The van der Waals surface area contributed by atoms with Gasteiger partial charge in [-0.2, -0.15) is 0 Å². The minimum absolute atomic E-state index is 0.129. The van der Waals surface area contributed by atoms with Crippen LogP contribution >= 0.6 is 11.3 Å². The van der Waals surface area contributed by atoms with E-state index in [4.69, 9.17) is 4.74 Å². The highest BCUT2D eigenvalue weighted by Gasteiger charge is 2.27. The van der Waals surface area contributed by atoms with Gasteiger partial charge in [-0.3, -0.25) is 14.4 Å². The van der Waals surface area contributed by atoms with E-state index in [1.54, 1.807) is 31.4 Å². The van der Waals surface area contributed by atoms with E-state index < -0.39 is 24.5 Å². The molecular formula is C16H23N3O5S. The number of hydrogen-bond acceptors (Lipinski definition) is 6. The fourth-order valence-electron chi connectivity index (χ4n) is 1.83. The van der Waals surface area contributed by atoms with Crippen molar-refractivity contribution < 1.29 is 23.9 Å². The molecule has 1 aromatic heterocycles. The Hall–Kier alpha value is -2.42. The highest BCUT2D eigenvalue weighted by atomic mass is 32.1. The fourth-order valence-corrected chi connectivity index (χ4v) is 2.46. The SMILES string of the molecule is CNC(=O)CN(C)C(=O)COC(=O)[C@H](NC(=O)c1cccs1)C(C)C. The molecule has 138 valence electrons. The summed E-state index contributed by atoms with van der Waals surface area (Å²) in [6, 6.07) is 2.52. The zero-order valence-electron chi connectivity index (χ0n) is 14.7. The topological polar surface area (TPSA) is 105 Å². The lowest BCUT2D eigenvalue weighted by molar-refractivity contribution is -0.154. The molecule has 0 fully saturated rings. The highest BCUT2D eigenvalue weighted by molar-refractivity contribution is 7.12. The molecule has 0 bridgehead atoms. The van der Waals surface area contributed by atoms with E-state index in [1.165, 1.54) is 25.4 Å². The van der Waals surface area contributed by atoms with E-state index >= 15 is 0 Å². The van der Waals surface area contributed by atoms with Crippen LogP contribution in [0.5, 0.6) is 0 Å². The molecule has 0 saturated heterocycles. The molecule has 1 atom stereocenters. The van der Waals surface area contributed by atoms with Gasteiger partial charge in [0.2, 0.25) is 5.91 Å². The largest absolute Gasteiger partial charge is 0.454 e. The van der Waals surface area contributed by atoms with Gasteiger partial charge >= 0.3 is 5.97 Å². The summed E-state index contributed by atoms with van der Waals surface area (Å²) in [5, 5.41) is 6.78. The maximum Gasteiger partial charge on any atom is 0.329 e. The first kappa shape index (κ1) is 20.6. The molecule has 1 aromatic rings. The number of likely N-dealkylation sites (N-methyl/N-ethyl adjacent to an activating group) is 2. The van der Waals surface area contributed by atoms with Gasteiger partial charge in [-0.25, -0.2) is 4.79 Å². The molecule has 0 spiro atoms. The average Bonchev–Trinajstić information content (AvgIpc) is 3.11. The van der Waals surface area contributed by atoms with E-state index in [2.05, 4.69) is 10.6 Å². The van der Waals surface area contributed by atoms with Crippen molar-refractivity contribution in [1.29, 1.82) is 0 Å². The van der Waals surface area contributed by atoms with Crippen molar-refractivity contribution in [3.8, 4) is 0 Å². The minimum Gasteiger partial charge on any atom is -0.454 e. The van der Waals surface area contributed by atoms with E-state index in [1.807, 2.05) is 0 Å². The van der Waals surface area contributed by atoms with Crippen LogP contribution in [0.4, 0.5) is 0 Å². The zero-order chi connectivity index (χ0) is 19.0. The molecule has 1 heterocycles. The Balaban J connectivity index is 2.57. The molecule has 3 amide bonds. The van der Waals surface area contributed by atoms with E-state index in [9.17, 15) is 19.2 Å². The quantitative estimate of drug-likeness (QED) is 0.639. The van der Waals surface area contributed by atoms with Crippen molar-refractivity contribution >= 4 is 35.0 Å². The third-order valence-corrected chi connectivity index (χ3v) is 4.24. The Labute approximate surface area is 150 Å². The molecule has 0 aliphatic carbocycles. The van der Waals surface area contributed by atoms with E-state index in [0.29, 0.717) is 4.88 Å². The molecule has 0 aliphatic heterocycles. The third-order valence-electron chi connectivity index (χ3n) is 3.38. The molecule has 8 nitrogen and oxygen atoms in total. The second kappa shape index (κ2) is 9.77. The number of nitrogens with one attached hydrogen (secondary N) is 2. The summed E-state index contributed by atoms with van der Waals surface area (Å²) < 4.78 is 5.01. The van der Waals surface area contributed by atoms with Crippen LogP contribution < -0.4 is 10.6 Å². The first-order valence-electron chi connectivity index (χ1n) is 7.71. The van der Waals surface area contributed by atoms with Crippen LogP contribution in [0.1, 0.15) is 23.5 Å². The highest BCUT2D eigenvalue weighted by Crippen LogP contribution is 2.11. The van der Waals surface area contributed by atoms with Crippen LogP contribution in [-0.2, 0) is 19.1 Å². The van der Waals surface area contributed by atoms with Crippen LogP contribution in [0.25, 0.3) is 0 Å². The maximum absolute atomic E-state index is 12.2. The van der Waals surface area contributed by atoms with Crippen molar-refractivity contribution in [3.63, 3.8) is 0 Å². The van der Waals surface area contributed by atoms with Crippen molar-refractivity contribution in [2.24, 2.45) is 5.92 Å². The Bertz CT molecular complexity index is 615. The average molecular weight is 369 g/mol. The number of carbonyl (C=O) groups is 4. The van der Waals surface area contributed by atoms with Gasteiger partial charge in [0.25, 0.3) is 11.8 Å². The minimum atomic E-state index is -0.869. The number of rotatable bonds is 8. The van der Waals surface area contributed by atoms with Gasteiger partial charge in [0.15, 0.2) is 6.61 Å². The molecule has 9 heteroatoms. The first-order valence-corrected chi connectivity index (χ1v) is 8.59. The van der Waals surface area contributed by atoms with Crippen LogP contribution in [-0.4, -0.2) is 61.9 Å². The van der Waals surface area contributed by atoms with Gasteiger partial charge < -0.3 is 20.3 Å². The summed E-state index contributed by atoms with van der Waals surface area (Å²) >= 11 is 1.26. The number of esters is 1. The number of thiophene rings is 1. The number of carbonyl (C=O) groups excluding carboxylic acids is 4. The van der Waals surface area contributed by atoms with Gasteiger partial charge in [-0.05, 0) is 17.4 Å². The summed E-state index contributed by atoms with van der Waals surface area (Å²) in [5.74, 6) is -2.11. The number of hydrogen-bond donors (Lipinski definition) is 2. The smallest absolute Gasteiger partial charge is 0.329 e. The predicted octanol–water partition coefficient (Wildman–Crippen LogP) is 0.250. The van der Waals surface area contributed by atoms with Crippen molar-refractivity contribution in [3.05, 3.63) is 22.4 Å². The zero-order valence-corrected chi connectivity index (χ0v) is 15.5. The molecule has 25 heavy (non-hydrogen) atoms. The standard InChI is InChI=1S/C16H23N3O5S/c1-10(2)14(18-15(22)11-6-5-7-25-11)16(23)24-9-13(21)19(4)8-12(20)17-3/h5-7,10,14H,8-9H2,1-4H3,(H,17,20)(H,18,22)/t14-/m1/s1. The predicted molar refractivity (Wildman–Crippen MR) is 93.1 cm³/mol. The summed E-state index contributed by atoms with van der Waals surface area (Å²) in [7, 11) is 2.90. The molecule has 0 aliphatic rings. The fraction of sp³-hybridized carbons (Fsp3) is 0.500. The lowest BCUT2D eigenvalue weighted by Crippen LogP contribution is -2.46. The normalized spacial score (nSPS) is 11.6. The molecule has 0 aromatic carbocycles. The molecule has 0 saturated carbocycles. The molecule has 1 rings (SSSR count). The Morgan fingerprint density at radius 1 is 1.28 bits per heavy atom. The Morgan fingerprint density at radius 2 is 1.96 bits per heavy atom. The molecule has 0 unspecified atom stereocenters. The molecule has 2 N–H and O–H groups in total.